The second-order valence-corrected chi connectivity index (χ2v) is 10.3. The zero-order valence-electron chi connectivity index (χ0n) is 17.7. The Hall–Kier alpha value is -0.843. The summed E-state index contributed by atoms with van der Waals surface area (Å²) in [6, 6.07) is 21.1. The molecule has 29 heavy (non-hydrogen) atoms. The molecule has 2 atom stereocenters. The van der Waals surface area contributed by atoms with Gasteiger partial charge in [-0.15, -0.1) is 23.2 Å². The highest BCUT2D eigenvalue weighted by Gasteiger charge is 2.25. The van der Waals surface area contributed by atoms with E-state index in [2.05, 4.69) is 62.4 Å². The third-order valence-corrected chi connectivity index (χ3v) is 7.47. The molecule has 0 spiro atoms. The minimum atomic E-state index is -1.04. The molecule has 0 amide bonds. The number of rotatable bonds is 14. The maximum atomic E-state index is 6.26. The Kier molecular flexibility index (Phi) is 10.7. The van der Waals surface area contributed by atoms with Crippen LogP contribution in [0.15, 0.2) is 60.7 Å². The van der Waals surface area contributed by atoms with Gasteiger partial charge in [0, 0.05) is 35.8 Å². The van der Waals surface area contributed by atoms with Gasteiger partial charge in [-0.25, -0.2) is 0 Å². The smallest absolute Gasteiger partial charge is 0.304 e. The molecule has 0 radical (unpaired) electrons. The zero-order chi connectivity index (χ0) is 21.0. The van der Waals surface area contributed by atoms with Crippen molar-refractivity contribution in [3.63, 3.8) is 0 Å². The fourth-order valence-corrected chi connectivity index (χ4v) is 4.86. The highest BCUT2D eigenvalue weighted by Crippen LogP contribution is 2.27. The van der Waals surface area contributed by atoms with Crippen LogP contribution in [0.4, 0.5) is 0 Å². The Morgan fingerprint density at radius 1 is 0.690 bits per heavy atom. The molecule has 2 rings (SSSR count). The van der Waals surface area contributed by atoms with Crippen molar-refractivity contribution in [1.82, 2.24) is 0 Å². The average molecular weight is 454 g/mol. The summed E-state index contributed by atoms with van der Waals surface area (Å²) in [7, 11) is -1.04. The second-order valence-electron chi connectivity index (χ2n) is 8.67. The summed E-state index contributed by atoms with van der Waals surface area (Å²) in [5.74, 6) is 1.18. The van der Waals surface area contributed by atoms with Crippen molar-refractivity contribution in [1.29, 1.82) is 0 Å². The number of aryl methyl sites for hydroxylation is 2. The average Bonchev–Trinajstić information content (AvgIpc) is 2.77. The maximum absolute atomic E-state index is 6.26. The lowest BCUT2D eigenvalue weighted by molar-refractivity contribution is 0.112. The molecule has 0 heterocycles. The van der Waals surface area contributed by atoms with E-state index in [4.69, 9.17) is 32.1 Å². The topological polar surface area (TPSA) is 18.5 Å². The lowest BCUT2D eigenvalue weighted by Gasteiger charge is -2.29. The standard InChI is InChI=1S/C24H34Cl2O2Si/c1-23(17-25,15-13-21-9-5-3-6-10-21)19-27-29-28-20-24(2,18-26)16-14-22-11-7-4-8-12-22/h3-12H,13-20,29H2,1-2H3. The van der Waals surface area contributed by atoms with Crippen LogP contribution in [0.2, 0.25) is 0 Å². The van der Waals surface area contributed by atoms with Gasteiger partial charge in [-0.3, -0.25) is 0 Å². The molecule has 2 aromatic carbocycles. The van der Waals surface area contributed by atoms with Gasteiger partial charge in [0.2, 0.25) is 0 Å². The third-order valence-electron chi connectivity index (χ3n) is 5.43. The van der Waals surface area contributed by atoms with Gasteiger partial charge in [0.1, 0.15) is 0 Å². The van der Waals surface area contributed by atoms with Gasteiger partial charge < -0.3 is 8.85 Å². The van der Waals surface area contributed by atoms with Gasteiger partial charge in [0.25, 0.3) is 0 Å². The SMILES string of the molecule is CC(CCl)(CCc1ccccc1)CO[SiH2]OCC(C)(CCl)CCc1ccccc1. The molecule has 0 bridgehead atoms. The van der Waals surface area contributed by atoms with E-state index in [1.165, 1.54) is 11.1 Å². The number of halogens is 2. The fourth-order valence-electron chi connectivity index (χ4n) is 3.17. The molecule has 0 N–H and O–H groups in total. The van der Waals surface area contributed by atoms with Crippen LogP contribution < -0.4 is 0 Å². The van der Waals surface area contributed by atoms with Crippen molar-refractivity contribution in [3.05, 3.63) is 71.8 Å². The summed E-state index contributed by atoms with van der Waals surface area (Å²) < 4.78 is 11.9. The van der Waals surface area contributed by atoms with Crippen molar-refractivity contribution >= 4 is 33.2 Å². The predicted molar refractivity (Wildman–Crippen MR) is 128 cm³/mol. The molecule has 0 aliphatic heterocycles. The Bertz CT molecular complexity index is 626. The first-order chi connectivity index (χ1) is 14.0. The Morgan fingerprint density at radius 2 is 1.07 bits per heavy atom. The van der Waals surface area contributed by atoms with E-state index >= 15 is 0 Å². The van der Waals surface area contributed by atoms with Crippen LogP contribution in [-0.2, 0) is 21.7 Å². The number of benzene rings is 2. The van der Waals surface area contributed by atoms with E-state index in [-0.39, 0.29) is 10.8 Å². The summed E-state index contributed by atoms with van der Waals surface area (Å²) in [6.45, 7) is 5.69. The Morgan fingerprint density at radius 3 is 1.41 bits per heavy atom. The van der Waals surface area contributed by atoms with Crippen molar-refractivity contribution in [3.8, 4) is 0 Å². The number of hydrogen-bond donors (Lipinski definition) is 0. The molecular weight excluding hydrogens is 419 g/mol. The lowest BCUT2D eigenvalue weighted by atomic mass is 9.87. The molecule has 0 aliphatic carbocycles. The third kappa shape index (κ3) is 9.23. The van der Waals surface area contributed by atoms with Crippen LogP contribution in [0.25, 0.3) is 0 Å². The molecule has 2 nitrogen and oxygen atoms in total. The zero-order valence-corrected chi connectivity index (χ0v) is 20.6. The van der Waals surface area contributed by atoms with Crippen LogP contribution in [0.1, 0.15) is 37.8 Å². The molecular formula is C24H34Cl2O2Si. The normalized spacial score (nSPS) is 16.0. The summed E-state index contributed by atoms with van der Waals surface area (Å²) >= 11 is 12.5. The van der Waals surface area contributed by atoms with Crippen molar-refractivity contribution in [2.24, 2.45) is 10.8 Å². The Balaban J connectivity index is 1.68. The first-order valence-electron chi connectivity index (χ1n) is 10.3. The Labute approximate surface area is 189 Å². The van der Waals surface area contributed by atoms with Gasteiger partial charge in [0.15, 0.2) is 0 Å². The van der Waals surface area contributed by atoms with E-state index in [9.17, 15) is 0 Å². The quantitative estimate of drug-likeness (QED) is 0.205. The summed E-state index contributed by atoms with van der Waals surface area (Å²) in [5.41, 5.74) is 2.62. The van der Waals surface area contributed by atoms with Crippen molar-refractivity contribution in [2.75, 3.05) is 25.0 Å². The van der Waals surface area contributed by atoms with Crippen LogP contribution >= 0.6 is 23.2 Å². The summed E-state index contributed by atoms with van der Waals surface area (Å²) in [5, 5.41) is 0. The van der Waals surface area contributed by atoms with Gasteiger partial charge in [0.05, 0.1) is 0 Å². The van der Waals surface area contributed by atoms with Crippen molar-refractivity contribution in [2.45, 2.75) is 39.5 Å². The van der Waals surface area contributed by atoms with Crippen LogP contribution in [0.3, 0.4) is 0 Å². The number of hydrogen-bond acceptors (Lipinski definition) is 2. The molecule has 2 aromatic rings. The number of alkyl halides is 2. The maximum Gasteiger partial charge on any atom is 0.304 e. The molecule has 5 heteroatoms. The van der Waals surface area contributed by atoms with Gasteiger partial charge in [-0.2, -0.15) is 0 Å². The molecule has 0 saturated carbocycles. The highest BCUT2D eigenvalue weighted by atomic mass is 35.5. The van der Waals surface area contributed by atoms with E-state index < -0.39 is 10.0 Å². The second kappa shape index (κ2) is 12.8. The minimum absolute atomic E-state index is 0.0309. The molecule has 0 aliphatic rings. The molecule has 2 unspecified atom stereocenters. The molecule has 160 valence electrons. The monoisotopic (exact) mass is 452 g/mol. The van der Waals surface area contributed by atoms with Gasteiger partial charge in [-0.1, -0.05) is 74.5 Å². The first kappa shape index (κ1) is 24.4. The lowest BCUT2D eigenvalue weighted by Crippen LogP contribution is -2.30. The molecule has 0 saturated heterocycles. The summed E-state index contributed by atoms with van der Waals surface area (Å²) in [6.07, 6.45) is 4.04. The van der Waals surface area contributed by atoms with Gasteiger partial charge >= 0.3 is 10.0 Å². The first-order valence-corrected chi connectivity index (χ1v) is 12.6. The van der Waals surface area contributed by atoms with Crippen LogP contribution in [0.5, 0.6) is 0 Å². The van der Waals surface area contributed by atoms with E-state index in [1.54, 1.807) is 0 Å². The van der Waals surface area contributed by atoms with Crippen molar-refractivity contribution < 1.29 is 8.85 Å². The molecule has 0 fully saturated rings. The van der Waals surface area contributed by atoms with E-state index in [1.807, 2.05) is 12.1 Å². The van der Waals surface area contributed by atoms with E-state index in [0.29, 0.717) is 25.0 Å². The van der Waals surface area contributed by atoms with E-state index in [0.717, 1.165) is 25.7 Å². The summed E-state index contributed by atoms with van der Waals surface area (Å²) in [4.78, 5) is 0. The largest absolute Gasteiger partial charge is 0.398 e. The minimum Gasteiger partial charge on any atom is -0.398 e. The fraction of sp³-hybridized carbons (Fsp3) is 0.500. The van der Waals surface area contributed by atoms with Crippen LogP contribution in [0, 0.1) is 10.8 Å². The molecule has 0 aromatic heterocycles. The van der Waals surface area contributed by atoms with Crippen LogP contribution in [-0.4, -0.2) is 35.0 Å². The predicted octanol–water partition coefficient (Wildman–Crippen LogP) is 5.77. The van der Waals surface area contributed by atoms with Gasteiger partial charge in [-0.05, 0) is 36.8 Å². The highest BCUT2D eigenvalue weighted by molar-refractivity contribution is 6.19.